The van der Waals surface area contributed by atoms with Gasteiger partial charge in [0, 0.05) is 16.1 Å². The van der Waals surface area contributed by atoms with Crippen LogP contribution in [0.2, 0.25) is 0 Å². The summed E-state index contributed by atoms with van der Waals surface area (Å²) in [6.07, 6.45) is 1.03. The van der Waals surface area contributed by atoms with Gasteiger partial charge in [-0.15, -0.1) is 0 Å². The highest BCUT2D eigenvalue weighted by atomic mass is 127. The summed E-state index contributed by atoms with van der Waals surface area (Å²) < 4.78 is 4.90. The molecular weight excluding hydrogens is 930 g/mol. The first-order chi connectivity index (χ1) is 22.4. The van der Waals surface area contributed by atoms with E-state index >= 15 is 0 Å². The Balaban J connectivity index is 0.000000211. The molecule has 0 amide bonds. The number of rotatable bonds is 2. The van der Waals surface area contributed by atoms with Gasteiger partial charge in [0.25, 0.3) is 0 Å². The summed E-state index contributed by atoms with van der Waals surface area (Å²) in [5.41, 5.74) is 10.6. The molecule has 4 heteroatoms. The van der Waals surface area contributed by atoms with E-state index in [1.165, 1.54) is 51.6 Å². The maximum absolute atomic E-state index is 3.36. The first-order valence-electron chi connectivity index (χ1n) is 15.4. The molecule has 0 atom stereocenters. The van der Waals surface area contributed by atoms with Gasteiger partial charge in [0.2, 0.25) is 0 Å². The van der Waals surface area contributed by atoms with Crippen LogP contribution in [0.15, 0.2) is 155 Å². The second kappa shape index (κ2) is 23.2. The summed E-state index contributed by atoms with van der Waals surface area (Å²) in [6.45, 7) is 12.6. The Morgan fingerprint density at radius 2 is 0.745 bits per heavy atom. The molecule has 0 N–H and O–H groups in total. The van der Waals surface area contributed by atoms with Crippen LogP contribution in [-0.4, -0.2) is 0 Å². The summed E-state index contributed by atoms with van der Waals surface area (Å²) in [5.74, 6) is 0. The van der Waals surface area contributed by atoms with Crippen molar-refractivity contribution in [2.24, 2.45) is 0 Å². The Kier molecular flexibility index (Phi) is 20.2. The van der Waals surface area contributed by atoms with Crippen LogP contribution in [0.4, 0.5) is 0 Å². The molecule has 0 unspecified atom stereocenters. The Labute approximate surface area is 328 Å². The summed E-state index contributed by atoms with van der Waals surface area (Å²) >= 11 is 11.3. The molecule has 6 aromatic carbocycles. The van der Waals surface area contributed by atoms with Crippen molar-refractivity contribution in [1.82, 2.24) is 0 Å². The zero-order valence-electron chi connectivity index (χ0n) is 28.1. The van der Waals surface area contributed by atoms with Gasteiger partial charge >= 0.3 is 0 Å². The van der Waals surface area contributed by atoms with Crippen LogP contribution in [0.5, 0.6) is 0 Å². The van der Waals surface area contributed by atoms with Crippen LogP contribution < -0.4 is 0 Å². The van der Waals surface area contributed by atoms with E-state index in [-0.39, 0.29) is 0 Å². The van der Waals surface area contributed by atoms with E-state index in [1.807, 2.05) is 24.3 Å². The van der Waals surface area contributed by atoms with Gasteiger partial charge < -0.3 is 0 Å². The quantitative estimate of drug-likeness (QED) is 0.152. The fourth-order valence-electron chi connectivity index (χ4n) is 3.93. The highest BCUT2D eigenvalue weighted by molar-refractivity contribution is 14.1. The largest absolute Gasteiger partial charge is 0.0610 e. The smallest absolute Gasteiger partial charge is 0.0177 e. The zero-order valence-corrected chi connectivity index (χ0v) is 35.6. The Morgan fingerprint density at radius 1 is 0.362 bits per heavy atom. The van der Waals surface area contributed by atoms with Gasteiger partial charge in [-0.05, 0) is 153 Å². The summed E-state index contributed by atoms with van der Waals surface area (Å²) in [5, 5.41) is 0. The van der Waals surface area contributed by atoms with Gasteiger partial charge in [-0.25, -0.2) is 0 Å². The molecule has 0 radical (unpaired) electrons. The molecule has 0 aliphatic carbocycles. The van der Waals surface area contributed by atoms with Crippen molar-refractivity contribution in [2.75, 3.05) is 0 Å². The number of hydrogen-bond donors (Lipinski definition) is 0. The maximum atomic E-state index is 3.36. The normalized spacial score (nSPS) is 9.57. The Hall–Kier alpha value is -2.26. The molecule has 0 fully saturated rings. The van der Waals surface area contributed by atoms with E-state index < -0.39 is 0 Å². The molecule has 244 valence electrons. The predicted molar refractivity (Wildman–Crippen MR) is 231 cm³/mol. The lowest BCUT2D eigenvalue weighted by molar-refractivity contribution is 1.18. The van der Waals surface area contributed by atoms with Crippen LogP contribution in [0.3, 0.4) is 0 Å². The molecule has 47 heavy (non-hydrogen) atoms. The fourth-order valence-corrected chi connectivity index (χ4v) is 5.76. The molecule has 0 saturated heterocycles. The van der Waals surface area contributed by atoms with Gasteiger partial charge in [-0.1, -0.05) is 162 Å². The number of hydrogen-bond acceptors (Lipinski definition) is 0. The summed E-state index contributed by atoms with van der Waals surface area (Å²) in [6, 6.07) is 50.8. The first-order valence-corrected chi connectivity index (χ1v) is 19.1. The molecular formula is C43H44Br2I2. The average molecular weight is 974 g/mol. The molecule has 0 aromatic heterocycles. The standard InChI is InChI=1S/C15H16.2C7H7Br.2C7H7I/c1-12-3-7-14(8-4-12)11-15-9-5-13(2)6-10-15;1-6-2-4-7(8)5-3-6;1-6-3-2-4-7(8)5-6;1-6-2-4-7(8)5-3-6;1-6-3-2-4-7(8)5-6/h3-10H,11H2,1-2H3;4*2-5H,1H3. The second-order valence-corrected chi connectivity index (χ2v) is 15.7. The molecule has 0 spiro atoms. The van der Waals surface area contributed by atoms with Gasteiger partial charge in [-0.2, -0.15) is 0 Å². The highest BCUT2D eigenvalue weighted by Gasteiger charge is 1.95. The monoisotopic (exact) mass is 972 g/mol. The third kappa shape index (κ3) is 20.0. The van der Waals surface area contributed by atoms with Crippen molar-refractivity contribution in [1.29, 1.82) is 0 Å². The lowest BCUT2D eigenvalue weighted by Gasteiger charge is -2.03. The van der Waals surface area contributed by atoms with Gasteiger partial charge in [0.1, 0.15) is 0 Å². The van der Waals surface area contributed by atoms with Crippen LogP contribution >= 0.6 is 77.0 Å². The average Bonchev–Trinajstić information content (AvgIpc) is 3.03. The van der Waals surface area contributed by atoms with E-state index in [9.17, 15) is 0 Å². The van der Waals surface area contributed by atoms with Crippen molar-refractivity contribution in [3.8, 4) is 0 Å². The summed E-state index contributed by atoms with van der Waals surface area (Å²) in [4.78, 5) is 0. The second-order valence-electron chi connectivity index (χ2n) is 11.3. The van der Waals surface area contributed by atoms with Crippen LogP contribution in [-0.2, 0) is 6.42 Å². The summed E-state index contributed by atoms with van der Waals surface area (Å²) in [7, 11) is 0. The molecule has 0 aliphatic heterocycles. The van der Waals surface area contributed by atoms with E-state index in [0.717, 1.165) is 15.4 Å². The lowest BCUT2D eigenvalue weighted by atomic mass is 10.0. The van der Waals surface area contributed by atoms with E-state index in [2.05, 4.69) is 240 Å². The van der Waals surface area contributed by atoms with Crippen molar-refractivity contribution in [3.05, 3.63) is 206 Å². The number of aryl methyl sites for hydroxylation is 6. The molecule has 0 saturated carbocycles. The van der Waals surface area contributed by atoms with Crippen molar-refractivity contribution >= 4 is 77.0 Å². The van der Waals surface area contributed by atoms with Crippen molar-refractivity contribution in [2.45, 2.75) is 48.0 Å². The van der Waals surface area contributed by atoms with Crippen LogP contribution in [0.25, 0.3) is 0 Å². The SMILES string of the molecule is Cc1ccc(Br)cc1.Cc1ccc(Cc2ccc(C)cc2)cc1.Cc1ccc(I)cc1.Cc1cccc(Br)c1.Cc1cccc(I)c1. The van der Waals surface area contributed by atoms with E-state index in [1.54, 1.807) is 0 Å². The molecule has 0 aliphatic rings. The minimum atomic E-state index is 1.03. The Bertz CT molecular complexity index is 1500. The minimum absolute atomic E-state index is 1.03. The molecule has 6 aromatic rings. The van der Waals surface area contributed by atoms with E-state index in [4.69, 9.17) is 0 Å². The third-order valence-electron chi connectivity index (χ3n) is 6.63. The third-order valence-corrected chi connectivity index (χ3v) is 9.04. The van der Waals surface area contributed by atoms with Gasteiger partial charge in [0.15, 0.2) is 0 Å². The minimum Gasteiger partial charge on any atom is -0.0610 e. The molecule has 0 bridgehead atoms. The topological polar surface area (TPSA) is 0 Å². The molecule has 6 rings (SSSR count). The first kappa shape index (κ1) is 40.9. The predicted octanol–water partition coefficient (Wildman–Crippen LogP) is 14.6. The number of halogens is 4. The zero-order chi connectivity index (χ0) is 34.6. The maximum Gasteiger partial charge on any atom is 0.0177 e. The molecule has 0 nitrogen and oxygen atoms in total. The van der Waals surface area contributed by atoms with Crippen LogP contribution in [0, 0.1) is 48.7 Å². The van der Waals surface area contributed by atoms with Crippen LogP contribution in [0.1, 0.15) is 44.5 Å². The highest BCUT2D eigenvalue weighted by Crippen LogP contribution is 2.12. The van der Waals surface area contributed by atoms with Crippen molar-refractivity contribution in [3.63, 3.8) is 0 Å². The van der Waals surface area contributed by atoms with E-state index in [0.29, 0.717) is 0 Å². The van der Waals surface area contributed by atoms with Gasteiger partial charge in [-0.3, -0.25) is 0 Å². The Morgan fingerprint density at radius 3 is 1.04 bits per heavy atom. The van der Waals surface area contributed by atoms with Gasteiger partial charge in [0.05, 0.1) is 0 Å². The van der Waals surface area contributed by atoms with Crippen molar-refractivity contribution < 1.29 is 0 Å². The molecule has 0 heterocycles. The number of benzene rings is 6. The fraction of sp³-hybridized carbons (Fsp3) is 0.163. The lowest BCUT2D eigenvalue weighted by Crippen LogP contribution is -1.88.